The summed E-state index contributed by atoms with van der Waals surface area (Å²) in [5.74, 6) is -1.15. The molecular weight excluding hydrogens is 318 g/mol. The lowest BCUT2D eigenvalue weighted by Gasteiger charge is -2.13. The summed E-state index contributed by atoms with van der Waals surface area (Å²) in [5.41, 5.74) is 1.95. The maximum absolute atomic E-state index is 12.6. The lowest BCUT2D eigenvalue weighted by atomic mass is 10.1. The van der Waals surface area contributed by atoms with Crippen LogP contribution in [0, 0.1) is 0 Å². The Bertz CT molecular complexity index is 814. The molecule has 3 rings (SSSR count). The molecule has 2 aromatic rings. The highest BCUT2D eigenvalue weighted by molar-refractivity contribution is 6.21. The number of hydrogen-bond donors (Lipinski definition) is 0. The third-order valence-electron chi connectivity index (χ3n) is 4.11. The molecular formula is C20H19NO4. The topological polar surface area (TPSA) is 63.7 Å². The molecule has 5 heteroatoms. The highest BCUT2D eigenvalue weighted by Gasteiger charge is 2.35. The molecule has 1 aliphatic heterocycles. The molecule has 1 heterocycles. The van der Waals surface area contributed by atoms with Crippen LogP contribution in [0.3, 0.4) is 0 Å². The number of benzene rings is 2. The van der Waals surface area contributed by atoms with E-state index in [0.717, 1.165) is 12.0 Å². The molecule has 0 saturated heterocycles. The summed E-state index contributed by atoms with van der Waals surface area (Å²) in [6, 6.07) is 14.2. The van der Waals surface area contributed by atoms with E-state index >= 15 is 0 Å². The molecule has 128 valence electrons. The second-order valence-corrected chi connectivity index (χ2v) is 5.89. The van der Waals surface area contributed by atoms with E-state index in [1.807, 2.05) is 37.3 Å². The van der Waals surface area contributed by atoms with Gasteiger partial charge in [-0.15, -0.1) is 0 Å². The molecule has 0 radical (unpaired) electrons. The average Bonchev–Trinajstić information content (AvgIpc) is 2.89. The fourth-order valence-electron chi connectivity index (χ4n) is 2.78. The molecule has 0 aliphatic carbocycles. The van der Waals surface area contributed by atoms with Crippen molar-refractivity contribution in [3.8, 4) is 0 Å². The summed E-state index contributed by atoms with van der Waals surface area (Å²) in [5, 5.41) is 0. The minimum Gasteiger partial charge on any atom is -0.462 e. The Morgan fingerprint density at radius 3 is 2.44 bits per heavy atom. The van der Waals surface area contributed by atoms with Crippen molar-refractivity contribution in [2.75, 3.05) is 13.2 Å². The second-order valence-electron chi connectivity index (χ2n) is 5.89. The number of amides is 2. The third-order valence-corrected chi connectivity index (χ3v) is 4.11. The first-order chi connectivity index (χ1) is 12.1. The zero-order chi connectivity index (χ0) is 17.8. The first-order valence-electron chi connectivity index (χ1n) is 8.33. The summed E-state index contributed by atoms with van der Waals surface area (Å²) in [6.07, 6.45) is 1.32. The van der Waals surface area contributed by atoms with Gasteiger partial charge in [0, 0.05) is 6.54 Å². The molecule has 0 bridgehead atoms. The number of nitrogens with zero attached hydrogens (tertiary/aromatic N) is 1. The van der Waals surface area contributed by atoms with Gasteiger partial charge < -0.3 is 4.74 Å². The summed E-state index contributed by atoms with van der Waals surface area (Å²) in [6.45, 7) is 2.54. The lowest BCUT2D eigenvalue weighted by molar-refractivity contribution is 0.0504. The molecule has 5 nitrogen and oxygen atoms in total. The van der Waals surface area contributed by atoms with Crippen molar-refractivity contribution in [1.29, 1.82) is 0 Å². The number of esters is 1. The van der Waals surface area contributed by atoms with Crippen molar-refractivity contribution >= 4 is 17.8 Å². The van der Waals surface area contributed by atoms with Gasteiger partial charge in [-0.25, -0.2) is 4.79 Å². The van der Waals surface area contributed by atoms with Crippen LogP contribution in [0.2, 0.25) is 0 Å². The molecule has 0 atom stereocenters. The molecule has 0 N–H and O–H groups in total. The Labute approximate surface area is 146 Å². The Hall–Kier alpha value is -2.95. The molecule has 2 aromatic carbocycles. The Morgan fingerprint density at radius 1 is 1.00 bits per heavy atom. The van der Waals surface area contributed by atoms with E-state index in [0.29, 0.717) is 30.7 Å². The van der Waals surface area contributed by atoms with Crippen LogP contribution in [0.15, 0.2) is 48.5 Å². The number of rotatable bonds is 6. The number of ether oxygens (including phenoxy) is 1. The standard InChI is InChI=1S/C20H19NO4/c1-2-12-25-20(24)15-8-9-16-17(13-15)19(23)21(18(16)22)11-10-14-6-4-3-5-7-14/h3-9,13H,2,10-12H2,1H3. The Kier molecular flexibility index (Phi) is 4.93. The van der Waals surface area contributed by atoms with Gasteiger partial charge in [0.05, 0.1) is 23.3 Å². The van der Waals surface area contributed by atoms with Crippen LogP contribution in [0.4, 0.5) is 0 Å². The molecule has 0 unspecified atom stereocenters. The van der Waals surface area contributed by atoms with E-state index in [-0.39, 0.29) is 17.4 Å². The molecule has 2 amide bonds. The van der Waals surface area contributed by atoms with E-state index in [2.05, 4.69) is 0 Å². The quantitative estimate of drug-likeness (QED) is 0.600. The number of carbonyl (C=O) groups excluding carboxylic acids is 3. The number of imide groups is 1. The lowest BCUT2D eigenvalue weighted by Crippen LogP contribution is -2.31. The van der Waals surface area contributed by atoms with Crippen LogP contribution in [0.5, 0.6) is 0 Å². The highest BCUT2D eigenvalue weighted by atomic mass is 16.5. The van der Waals surface area contributed by atoms with Crippen molar-refractivity contribution in [3.63, 3.8) is 0 Å². The van der Waals surface area contributed by atoms with Gasteiger partial charge in [0.25, 0.3) is 11.8 Å². The molecule has 0 fully saturated rings. The van der Waals surface area contributed by atoms with Crippen LogP contribution in [-0.2, 0) is 11.2 Å². The second kappa shape index (κ2) is 7.30. The van der Waals surface area contributed by atoms with Gasteiger partial charge >= 0.3 is 5.97 Å². The van der Waals surface area contributed by atoms with E-state index in [4.69, 9.17) is 4.74 Å². The normalized spacial score (nSPS) is 13.1. The molecule has 25 heavy (non-hydrogen) atoms. The molecule has 0 spiro atoms. The van der Waals surface area contributed by atoms with Gasteiger partial charge in [-0.3, -0.25) is 14.5 Å². The maximum atomic E-state index is 12.6. The zero-order valence-corrected chi connectivity index (χ0v) is 14.0. The predicted molar refractivity (Wildman–Crippen MR) is 92.5 cm³/mol. The minimum atomic E-state index is -0.479. The number of carbonyl (C=O) groups is 3. The van der Waals surface area contributed by atoms with Crippen LogP contribution < -0.4 is 0 Å². The highest BCUT2D eigenvalue weighted by Crippen LogP contribution is 2.24. The van der Waals surface area contributed by atoms with Crippen molar-refractivity contribution in [3.05, 3.63) is 70.8 Å². The Morgan fingerprint density at radius 2 is 1.72 bits per heavy atom. The van der Waals surface area contributed by atoms with Gasteiger partial charge in [0.1, 0.15) is 0 Å². The summed E-state index contributed by atoms with van der Waals surface area (Å²) in [7, 11) is 0. The molecule has 1 aliphatic rings. The maximum Gasteiger partial charge on any atom is 0.338 e. The van der Waals surface area contributed by atoms with Gasteiger partial charge in [0.2, 0.25) is 0 Å². The molecule has 0 aromatic heterocycles. The van der Waals surface area contributed by atoms with Gasteiger partial charge in [0.15, 0.2) is 0 Å². The summed E-state index contributed by atoms with van der Waals surface area (Å²) >= 11 is 0. The van der Waals surface area contributed by atoms with Crippen LogP contribution in [0.1, 0.15) is 50.0 Å². The van der Waals surface area contributed by atoms with Crippen molar-refractivity contribution < 1.29 is 19.1 Å². The Balaban J connectivity index is 1.76. The van der Waals surface area contributed by atoms with Crippen molar-refractivity contribution in [1.82, 2.24) is 4.90 Å². The van der Waals surface area contributed by atoms with Gasteiger partial charge in [-0.1, -0.05) is 37.3 Å². The smallest absolute Gasteiger partial charge is 0.338 e. The molecule has 0 saturated carbocycles. The van der Waals surface area contributed by atoms with Crippen molar-refractivity contribution in [2.45, 2.75) is 19.8 Å². The fraction of sp³-hybridized carbons (Fsp3) is 0.250. The van der Waals surface area contributed by atoms with E-state index in [9.17, 15) is 14.4 Å². The van der Waals surface area contributed by atoms with Crippen LogP contribution in [0.25, 0.3) is 0 Å². The van der Waals surface area contributed by atoms with E-state index in [1.54, 1.807) is 0 Å². The first-order valence-corrected chi connectivity index (χ1v) is 8.33. The summed E-state index contributed by atoms with van der Waals surface area (Å²) in [4.78, 5) is 38.2. The van der Waals surface area contributed by atoms with E-state index < -0.39 is 5.97 Å². The minimum absolute atomic E-state index is 0.268. The first kappa shape index (κ1) is 16.9. The largest absolute Gasteiger partial charge is 0.462 e. The van der Waals surface area contributed by atoms with Gasteiger partial charge in [-0.05, 0) is 36.6 Å². The third kappa shape index (κ3) is 3.45. The number of hydrogen-bond acceptors (Lipinski definition) is 4. The SMILES string of the molecule is CCCOC(=O)c1ccc2c(c1)C(=O)N(CCc1ccccc1)C2=O. The fourth-order valence-corrected chi connectivity index (χ4v) is 2.78. The van der Waals surface area contributed by atoms with E-state index in [1.165, 1.54) is 23.1 Å². The monoisotopic (exact) mass is 337 g/mol. The zero-order valence-electron chi connectivity index (χ0n) is 14.0. The van der Waals surface area contributed by atoms with Crippen molar-refractivity contribution in [2.24, 2.45) is 0 Å². The predicted octanol–water partition coefficient (Wildman–Crippen LogP) is 3.09. The van der Waals surface area contributed by atoms with Crippen LogP contribution >= 0.6 is 0 Å². The van der Waals surface area contributed by atoms with Crippen LogP contribution in [-0.4, -0.2) is 35.8 Å². The van der Waals surface area contributed by atoms with Gasteiger partial charge in [-0.2, -0.15) is 0 Å². The summed E-state index contributed by atoms with van der Waals surface area (Å²) < 4.78 is 5.08. The number of fused-ring (bicyclic) bond motifs is 1. The average molecular weight is 337 g/mol.